The third-order valence-corrected chi connectivity index (χ3v) is 1.86. The van der Waals surface area contributed by atoms with Gasteiger partial charge in [0.05, 0.1) is 6.20 Å². The molecular weight excluding hydrogens is 240 g/mol. The van der Waals surface area contributed by atoms with E-state index in [1.807, 2.05) is 0 Å². The number of hydrogen-bond donors (Lipinski definition) is 2. The Bertz CT molecular complexity index is 567. The van der Waals surface area contributed by atoms with E-state index >= 15 is 0 Å². The first-order valence-corrected chi connectivity index (χ1v) is 4.85. The molecule has 0 aromatic carbocycles. The molecule has 92 valence electrons. The average molecular weight is 248 g/mol. The van der Waals surface area contributed by atoms with Crippen LogP contribution in [0.1, 0.15) is 10.5 Å². The number of carboxylic acid groups (broad SMARTS) is 1. The fourth-order valence-electron chi connectivity index (χ4n) is 1.15. The van der Waals surface area contributed by atoms with E-state index in [0.717, 1.165) is 4.68 Å². The number of hydrogen-bond acceptors (Lipinski definition) is 6. The van der Waals surface area contributed by atoms with Crippen molar-refractivity contribution in [3.05, 3.63) is 30.4 Å². The molecule has 9 nitrogen and oxygen atoms in total. The summed E-state index contributed by atoms with van der Waals surface area (Å²) < 4.78 is 1.04. The molecule has 2 aromatic heterocycles. The molecule has 2 N–H and O–H groups in total. The highest BCUT2D eigenvalue weighted by Crippen LogP contribution is 1.99. The van der Waals surface area contributed by atoms with Gasteiger partial charge >= 0.3 is 5.97 Å². The van der Waals surface area contributed by atoms with Gasteiger partial charge in [-0.05, 0) is 6.07 Å². The summed E-state index contributed by atoms with van der Waals surface area (Å²) in [4.78, 5) is 29.7. The van der Waals surface area contributed by atoms with Crippen molar-refractivity contribution in [3.8, 4) is 0 Å². The number of nitrogens with one attached hydrogen (secondary N) is 1. The standard InChI is InChI=1S/C9H8N6O3/c16-7(17)5-15-4-6(13-14-15)8(18)12-9-10-2-1-3-11-9/h1-4H,5H2,(H,16,17)(H,10,11,12,18). The van der Waals surface area contributed by atoms with Crippen LogP contribution < -0.4 is 5.32 Å². The fourth-order valence-corrected chi connectivity index (χ4v) is 1.15. The quantitative estimate of drug-likeness (QED) is 0.740. The van der Waals surface area contributed by atoms with Gasteiger partial charge < -0.3 is 5.11 Å². The van der Waals surface area contributed by atoms with Crippen LogP contribution in [0, 0.1) is 0 Å². The highest BCUT2D eigenvalue weighted by molar-refractivity contribution is 6.01. The zero-order chi connectivity index (χ0) is 13.0. The van der Waals surface area contributed by atoms with Gasteiger partial charge in [-0.15, -0.1) is 5.10 Å². The van der Waals surface area contributed by atoms with E-state index in [1.54, 1.807) is 6.07 Å². The second kappa shape index (κ2) is 4.99. The summed E-state index contributed by atoms with van der Waals surface area (Å²) in [6.07, 6.45) is 4.18. The van der Waals surface area contributed by atoms with Crippen LogP contribution in [-0.4, -0.2) is 41.9 Å². The third kappa shape index (κ3) is 2.84. The van der Waals surface area contributed by atoms with Gasteiger partial charge in [-0.1, -0.05) is 5.21 Å². The van der Waals surface area contributed by atoms with Gasteiger partial charge in [0.1, 0.15) is 6.54 Å². The number of carboxylic acids is 1. The molecule has 0 aliphatic carbocycles. The summed E-state index contributed by atoms with van der Waals surface area (Å²) in [5, 5.41) is 18.0. The van der Waals surface area contributed by atoms with Gasteiger partial charge in [0.15, 0.2) is 5.69 Å². The number of anilines is 1. The largest absolute Gasteiger partial charge is 0.480 e. The van der Waals surface area contributed by atoms with Gasteiger partial charge in [-0.2, -0.15) is 0 Å². The van der Waals surface area contributed by atoms with Crippen molar-refractivity contribution < 1.29 is 14.7 Å². The Morgan fingerprint density at radius 3 is 2.72 bits per heavy atom. The van der Waals surface area contributed by atoms with Gasteiger partial charge in [0, 0.05) is 12.4 Å². The maximum Gasteiger partial charge on any atom is 0.325 e. The first-order chi connectivity index (χ1) is 8.65. The lowest BCUT2D eigenvalue weighted by molar-refractivity contribution is -0.137. The minimum absolute atomic E-state index is 0.0105. The lowest BCUT2D eigenvalue weighted by Crippen LogP contribution is -2.14. The lowest BCUT2D eigenvalue weighted by Gasteiger charge is -1.98. The Morgan fingerprint density at radius 2 is 2.06 bits per heavy atom. The maximum atomic E-state index is 11.7. The molecule has 18 heavy (non-hydrogen) atoms. The van der Waals surface area contributed by atoms with Crippen LogP contribution in [-0.2, 0) is 11.3 Å². The smallest absolute Gasteiger partial charge is 0.325 e. The summed E-state index contributed by atoms with van der Waals surface area (Å²) in [7, 11) is 0. The van der Waals surface area contributed by atoms with Crippen molar-refractivity contribution in [1.29, 1.82) is 0 Å². The molecule has 0 saturated carbocycles. The van der Waals surface area contributed by atoms with Crippen molar-refractivity contribution >= 4 is 17.8 Å². The Balaban J connectivity index is 2.05. The number of rotatable bonds is 4. The van der Waals surface area contributed by atoms with Crippen molar-refractivity contribution in [2.75, 3.05) is 5.32 Å². The molecule has 0 aliphatic rings. The molecule has 9 heteroatoms. The molecular formula is C9H8N6O3. The monoisotopic (exact) mass is 248 g/mol. The molecule has 1 amide bonds. The van der Waals surface area contributed by atoms with Crippen molar-refractivity contribution in [2.24, 2.45) is 0 Å². The van der Waals surface area contributed by atoms with Crippen molar-refractivity contribution in [3.63, 3.8) is 0 Å². The first-order valence-electron chi connectivity index (χ1n) is 4.85. The molecule has 0 aliphatic heterocycles. The average Bonchev–Trinajstić information content (AvgIpc) is 2.78. The Labute approximate surface area is 100 Å². The maximum absolute atomic E-state index is 11.7. The zero-order valence-electron chi connectivity index (χ0n) is 9.02. The van der Waals surface area contributed by atoms with E-state index in [2.05, 4.69) is 25.6 Å². The normalized spacial score (nSPS) is 10.0. The number of carbonyl (C=O) groups is 2. The van der Waals surface area contributed by atoms with E-state index in [9.17, 15) is 9.59 Å². The van der Waals surface area contributed by atoms with Gasteiger partial charge in [0.2, 0.25) is 5.95 Å². The Hall–Kier alpha value is -2.84. The van der Waals surface area contributed by atoms with Crippen molar-refractivity contribution in [1.82, 2.24) is 25.0 Å². The number of nitrogens with zero attached hydrogens (tertiary/aromatic N) is 5. The second-order valence-electron chi connectivity index (χ2n) is 3.22. The van der Waals surface area contributed by atoms with Crippen LogP contribution in [0.3, 0.4) is 0 Å². The zero-order valence-corrected chi connectivity index (χ0v) is 9.02. The molecule has 0 unspecified atom stereocenters. The molecule has 0 saturated heterocycles. The molecule has 0 spiro atoms. The summed E-state index contributed by atoms with van der Waals surface area (Å²) >= 11 is 0. The highest BCUT2D eigenvalue weighted by atomic mass is 16.4. The van der Waals surface area contributed by atoms with Crippen LogP contribution in [0.5, 0.6) is 0 Å². The molecule has 2 rings (SSSR count). The summed E-state index contributed by atoms with van der Waals surface area (Å²) in [5.74, 6) is -1.49. The van der Waals surface area contributed by atoms with E-state index in [-0.39, 0.29) is 18.2 Å². The van der Waals surface area contributed by atoms with E-state index in [0.29, 0.717) is 0 Å². The SMILES string of the molecule is O=C(O)Cn1cc(C(=O)Nc2ncccn2)nn1. The predicted molar refractivity (Wildman–Crippen MR) is 57.6 cm³/mol. The second-order valence-corrected chi connectivity index (χ2v) is 3.22. The molecule has 0 bridgehead atoms. The number of amides is 1. The van der Waals surface area contributed by atoms with E-state index in [4.69, 9.17) is 5.11 Å². The minimum atomic E-state index is -1.07. The first kappa shape index (κ1) is 11.6. The van der Waals surface area contributed by atoms with Gasteiger partial charge in [-0.3, -0.25) is 14.9 Å². The molecule has 2 aromatic rings. The lowest BCUT2D eigenvalue weighted by atomic mass is 10.4. The van der Waals surface area contributed by atoms with Crippen LogP contribution in [0.2, 0.25) is 0 Å². The van der Waals surface area contributed by atoms with Crippen LogP contribution in [0.15, 0.2) is 24.7 Å². The minimum Gasteiger partial charge on any atom is -0.480 e. The summed E-state index contributed by atoms with van der Waals surface area (Å²) in [6.45, 7) is -0.359. The topological polar surface area (TPSA) is 123 Å². The van der Waals surface area contributed by atoms with Crippen LogP contribution >= 0.6 is 0 Å². The summed E-state index contributed by atoms with van der Waals surface area (Å²) in [5.41, 5.74) is -0.0105. The van der Waals surface area contributed by atoms with E-state index < -0.39 is 11.9 Å². The third-order valence-electron chi connectivity index (χ3n) is 1.86. The molecule has 0 atom stereocenters. The number of carbonyl (C=O) groups excluding carboxylic acids is 1. The fraction of sp³-hybridized carbons (Fsp3) is 0.111. The van der Waals surface area contributed by atoms with Crippen molar-refractivity contribution in [2.45, 2.75) is 6.54 Å². The highest BCUT2D eigenvalue weighted by Gasteiger charge is 2.12. The number of aromatic nitrogens is 5. The Kier molecular flexibility index (Phi) is 3.23. The molecule has 0 radical (unpaired) electrons. The van der Waals surface area contributed by atoms with Crippen LogP contribution in [0.4, 0.5) is 5.95 Å². The van der Waals surface area contributed by atoms with Gasteiger partial charge in [-0.25, -0.2) is 14.6 Å². The molecule has 2 heterocycles. The van der Waals surface area contributed by atoms with Gasteiger partial charge in [0.25, 0.3) is 5.91 Å². The summed E-state index contributed by atoms with van der Waals surface area (Å²) in [6, 6.07) is 1.61. The number of aliphatic carboxylic acids is 1. The van der Waals surface area contributed by atoms with E-state index in [1.165, 1.54) is 18.6 Å². The predicted octanol–water partition coefficient (Wildman–Crippen LogP) is -0.595. The molecule has 0 fully saturated rings. The van der Waals surface area contributed by atoms with Crippen LogP contribution in [0.25, 0.3) is 0 Å². The Morgan fingerprint density at radius 1 is 1.33 bits per heavy atom.